The molecule has 1 unspecified atom stereocenters. The molecular formula is C23H31N3O2. The Bertz CT molecular complexity index is 731. The summed E-state index contributed by atoms with van der Waals surface area (Å²) in [7, 11) is 1.84. The van der Waals surface area contributed by atoms with Crippen molar-refractivity contribution in [2.75, 3.05) is 39.9 Å². The molecule has 0 radical (unpaired) electrons. The van der Waals surface area contributed by atoms with Crippen LogP contribution in [0.1, 0.15) is 17.5 Å². The molecular weight excluding hydrogens is 350 g/mol. The van der Waals surface area contributed by atoms with E-state index >= 15 is 0 Å². The maximum Gasteiger partial charge on any atom is 0.193 e. The zero-order valence-electron chi connectivity index (χ0n) is 16.9. The first-order valence-electron chi connectivity index (χ1n) is 10.0. The smallest absolute Gasteiger partial charge is 0.193 e. The molecule has 1 N–H and O–H groups in total. The number of hydrogen-bond acceptors (Lipinski definition) is 3. The molecule has 28 heavy (non-hydrogen) atoms. The van der Waals surface area contributed by atoms with Gasteiger partial charge in [-0.05, 0) is 31.0 Å². The van der Waals surface area contributed by atoms with Crippen molar-refractivity contribution in [1.29, 1.82) is 0 Å². The van der Waals surface area contributed by atoms with Gasteiger partial charge in [-0.15, -0.1) is 0 Å². The monoisotopic (exact) mass is 381 g/mol. The van der Waals surface area contributed by atoms with Gasteiger partial charge >= 0.3 is 0 Å². The summed E-state index contributed by atoms with van der Waals surface area (Å²) in [6.07, 6.45) is 1.13. The third-order valence-electron chi connectivity index (χ3n) is 4.94. The molecule has 1 saturated heterocycles. The SMILES string of the molecule is CN=C(NCCOc1ccc(C)cc1)N1CCC(COCc2ccccc2)C1. The lowest BCUT2D eigenvalue weighted by atomic mass is 10.1. The summed E-state index contributed by atoms with van der Waals surface area (Å²) in [5, 5.41) is 3.41. The lowest BCUT2D eigenvalue weighted by Crippen LogP contribution is -2.41. The molecule has 2 aromatic rings. The molecule has 0 amide bonds. The highest BCUT2D eigenvalue weighted by Crippen LogP contribution is 2.17. The molecule has 0 aromatic heterocycles. The summed E-state index contributed by atoms with van der Waals surface area (Å²) in [5.41, 5.74) is 2.46. The fourth-order valence-corrected chi connectivity index (χ4v) is 3.38. The topological polar surface area (TPSA) is 46.1 Å². The van der Waals surface area contributed by atoms with Crippen molar-refractivity contribution in [2.45, 2.75) is 20.0 Å². The van der Waals surface area contributed by atoms with Crippen molar-refractivity contribution in [2.24, 2.45) is 10.9 Å². The van der Waals surface area contributed by atoms with Crippen LogP contribution in [-0.4, -0.2) is 50.8 Å². The van der Waals surface area contributed by atoms with Crippen molar-refractivity contribution in [3.05, 3.63) is 65.7 Å². The average Bonchev–Trinajstić information content (AvgIpc) is 3.19. The highest BCUT2D eigenvalue weighted by molar-refractivity contribution is 5.80. The van der Waals surface area contributed by atoms with Gasteiger partial charge in [0.25, 0.3) is 0 Å². The molecule has 1 aliphatic rings. The molecule has 3 rings (SSSR count). The van der Waals surface area contributed by atoms with Crippen LogP contribution in [0, 0.1) is 12.8 Å². The van der Waals surface area contributed by atoms with Gasteiger partial charge in [-0.25, -0.2) is 0 Å². The Kier molecular flexibility index (Phi) is 7.73. The van der Waals surface area contributed by atoms with Gasteiger partial charge in [0, 0.05) is 26.1 Å². The zero-order valence-corrected chi connectivity index (χ0v) is 16.9. The van der Waals surface area contributed by atoms with Crippen LogP contribution in [-0.2, 0) is 11.3 Å². The van der Waals surface area contributed by atoms with E-state index in [1.54, 1.807) is 0 Å². The van der Waals surface area contributed by atoms with Crippen molar-refractivity contribution in [3.63, 3.8) is 0 Å². The molecule has 5 nitrogen and oxygen atoms in total. The molecule has 0 bridgehead atoms. The number of aliphatic imine (C=N–C) groups is 1. The Morgan fingerprint density at radius 3 is 2.68 bits per heavy atom. The predicted molar refractivity (Wildman–Crippen MR) is 114 cm³/mol. The molecule has 0 spiro atoms. The molecule has 0 saturated carbocycles. The van der Waals surface area contributed by atoms with Crippen LogP contribution in [0.2, 0.25) is 0 Å². The van der Waals surface area contributed by atoms with E-state index in [1.165, 1.54) is 11.1 Å². The number of rotatable bonds is 8. The van der Waals surface area contributed by atoms with Gasteiger partial charge in [0.15, 0.2) is 5.96 Å². The third kappa shape index (κ3) is 6.27. The minimum atomic E-state index is 0.547. The first-order valence-corrected chi connectivity index (χ1v) is 10.0. The highest BCUT2D eigenvalue weighted by Gasteiger charge is 2.24. The van der Waals surface area contributed by atoms with Gasteiger partial charge in [0.1, 0.15) is 12.4 Å². The van der Waals surface area contributed by atoms with Crippen LogP contribution >= 0.6 is 0 Å². The summed E-state index contributed by atoms with van der Waals surface area (Å²) in [6.45, 7) is 6.88. The van der Waals surface area contributed by atoms with Crippen LogP contribution in [0.3, 0.4) is 0 Å². The number of nitrogens with zero attached hydrogens (tertiary/aromatic N) is 2. The lowest BCUT2D eigenvalue weighted by molar-refractivity contribution is 0.0906. The number of aryl methyl sites for hydroxylation is 1. The fourth-order valence-electron chi connectivity index (χ4n) is 3.38. The minimum Gasteiger partial charge on any atom is -0.492 e. The standard InChI is InChI=1S/C23H31N3O2/c1-19-8-10-22(11-9-19)28-15-13-25-23(24-2)26-14-12-21(16-26)18-27-17-20-6-4-3-5-7-20/h3-11,21H,12-18H2,1-2H3,(H,24,25). The van der Waals surface area contributed by atoms with E-state index in [0.717, 1.165) is 44.4 Å². The third-order valence-corrected chi connectivity index (χ3v) is 4.94. The van der Waals surface area contributed by atoms with E-state index < -0.39 is 0 Å². The molecule has 0 aliphatic carbocycles. The number of guanidine groups is 1. The van der Waals surface area contributed by atoms with E-state index in [0.29, 0.717) is 19.1 Å². The van der Waals surface area contributed by atoms with E-state index in [2.05, 4.69) is 46.4 Å². The van der Waals surface area contributed by atoms with E-state index in [-0.39, 0.29) is 0 Å². The zero-order chi connectivity index (χ0) is 19.6. The second-order valence-corrected chi connectivity index (χ2v) is 7.24. The number of ether oxygens (including phenoxy) is 2. The highest BCUT2D eigenvalue weighted by atomic mass is 16.5. The Morgan fingerprint density at radius 1 is 1.14 bits per heavy atom. The van der Waals surface area contributed by atoms with E-state index in [1.807, 2.05) is 37.4 Å². The average molecular weight is 382 g/mol. The van der Waals surface area contributed by atoms with Crippen LogP contribution in [0.25, 0.3) is 0 Å². The van der Waals surface area contributed by atoms with Gasteiger partial charge in [-0.3, -0.25) is 4.99 Å². The van der Waals surface area contributed by atoms with Crippen LogP contribution < -0.4 is 10.1 Å². The van der Waals surface area contributed by atoms with Crippen molar-refractivity contribution >= 4 is 5.96 Å². The molecule has 1 aliphatic heterocycles. The first kappa shape index (κ1) is 20.2. The predicted octanol–water partition coefficient (Wildman–Crippen LogP) is 3.49. The molecule has 1 fully saturated rings. The van der Waals surface area contributed by atoms with Crippen molar-refractivity contribution in [1.82, 2.24) is 10.2 Å². The van der Waals surface area contributed by atoms with Gasteiger partial charge in [0.2, 0.25) is 0 Å². The van der Waals surface area contributed by atoms with Crippen molar-refractivity contribution < 1.29 is 9.47 Å². The minimum absolute atomic E-state index is 0.547. The number of benzene rings is 2. The maximum atomic E-state index is 5.91. The molecule has 5 heteroatoms. The lowest BCUT2D eigenvalue weighted by Gasteiger charge is -2.21. The quantitative estimate of drug-likeness (QED) is 0.432. The van der Waals surface area contributed by atoms with Gasteiger partial charge in [-0.2, -0.15) is 0 Å². The van der Waals surface area contributed by atoms with Gasteiger partial charge in [-0.1, -0.05) is 48.0 Å². The molecule has 1 heterocycles. The number of nitrogens with one attached hydrogen (secondary N) is 1. The Morgan fingerprint density at radius 2 is 1.93 bits per heavy atom. The van der Waals surface area contributed by atoms with Gasteiger partial charge in [0.05, 0.1) is 19.8 Å². The van der Waals surface area contributed by atoms with Crippen LogP contribution in [0.15, 0.2) is 59.6 Å². The Hall–Kier alpha value is -2.53. The molecule has 2 aromatic carbocycles. The van der Waals surface area contributed by atoms with E-state index in [4.69, 9.17) is 9.47 Å². The van der Waals surface area contributed by atoms with Crippen LogP contribution in [0.4, 0.5) is 0 Å². The second kappa shape index (κ2) is 10.7. The van der Waals surface area contributed by atoms with Gasteiger partial charge < -0.3 is 19.7 Å². The van der Waals surface area contributed by atoms with Crippen LogP contribution in [0.5, 0.6) is 5.75 Å². The fraction of sp³-hybridized carbons (Fsp3) is 0.435. The Labute approximate surface area is 168 Å². The summed E-state index contributed by atoms with van der Waals surface area (Å²) >= 11 is 0. The number of likely N-dealkylation sites (tertiary alicyclic amines) is 1. The largest absolute Gasteiger partial charge is 0.492 e. The first-order chi connectivity index (χ1) is 13.7. The molecule has 150 valence electrons. The Balaban J connectivity index is 1.34. The van der Waals surface area contributed by atoms with E-state index in [9.17, 15) is 0 Å². The summed E-state index contributed by atoms with van der Waals surface area (Å²) in [4.78, 5) is 6.73. The summed E-state index contributed by atoms with van der Waals surface area (Å²) in [5.74, 6) is 2.39. The number of hydrogen-bond donors (Lipinski definition) is 1. The molecule has 1 atom stereocenters. The second-order valence-electron chi connectivity index (χ2n) is 7.24. The maximum absolute atomic E-state index is 5.91. The van der Waals surface area contributed by atoms with Crippen molar-refractivity contribution in [3.8, 4) is 5.75 Å². The normalized spacial score (nSPS) is 17.0. The summed E-state index contributed by atoms with van der Waals surface area (Å²) < 4.78 is 11.7. The summed E-state index contributed by atoms with van der Waals surface area (Å²) in [6, 6.07) is 18.5.